The molecule has 2 N–H and O–H groups in total. The number of nitrogens with zero attached hydrogens (tertiary/aromatic N) is 1. The number of benzene rings is 2. The third kappa shape index (κ3) is 4.96. The van der Waals surface area contributed by atoms with Gasteiger partial charge in [-0.1, -0.05) is 63.6 Å². The number of allylic oxidation sites excluding steroid dienone is 1. The molecule has 28 heavy (non-hydrogen) atoms. The molecule has 0 saturated carbocycles. The first-order valence-electron chi connectivity index (χ1n) is 8.34. The van der Waals surface area contributed by atoms with Crippen LogP contribution in [0.5, 0.6) is 0 Å². The lowest BCUT2D eigenvalue weighted by atomic mass is 9.87. The molecule has 0 radical (unpaired) electrons. The molecule has 3 rings (SSSR count). The number of anilines is 1. The molecule has 8 heteroatoms. The monoisotopic (exact) mass is 475 g/mol. The highest BCUT2D eigenvalue weighted by Crippen LogP contribution is 2.36. The Morgan fingerprint density at radius 1 is 1.32 bits per heavy atom. The molecule has 0 fully saturated rings. The lowest BCUT2D eigenvalue weighted by Gasteiger charge is -2.25. The second-order valence-electron chi connectivity index (χ2n) is 6.03. The van der Waals surface area contributed by atoms with Crippen LogP contribution in [0.25, 0.3) is 0 Å². The van der Waals surface area contributed by atoms with Gasteiger partial charge in [0.1, 0.15) is 0 Å². The molecule has 5 nitrogen and oxygen atoms in total. The van der Waals surface area contributed by atoms with Gasteiger partial charge in [0.2, 0.25) is 11.8 Å². The third-order valence-electron chi connectivity index (χ3n) is 4.10. The SMILES string of the molecule is N#CC1=C(SCC(=O)Nc2ccccc2Cl)NC(=O)C[C@H]1c1cccc(Br)c1. The zero-order valence-electron chi connectivity index (χ0n) is 14.5. The summed E-state index contributed by atoms with van der Waals surface area (Å²) in [4.78, 5) is 24.5. The number of hydrogen-bond acceptors (Lipinski definition) is 4. The highest BCUT2D eigenvalue weighted by Gasteiger charge is 2.30. The predicted octanol–water partition coefficient (Wildman–Crippen LogP) is 4.81. The minimum absolute atomic E-state index is 0.0389. The smallest absolute Gasteiger partial charge is 0.234 e. The fourth-order valence-corrected chi connectivity index (χ4v) is 4.30. The second kappa shape index (κ2) is 9.28. The summed E-state index contributed by atoms with van der Waals surface area (Å²) >= 11 is 10.6. The molecular formula is C20H15BrClN3O2S. The summed E-state index contributed by atoms with van der Waals surface area (Å²) in [6.45, 7) is 0. The van der Waals surface area contributed by atoms with Gasteiger partial charge in [0.25, 0.3) is 0 Å². The fourth-order valence-electron chi connectivity index (χ4n) is 2.83. The Morgan fingerprint density at radius 3 is 2.82 bits per heavy atom. The Morgan fingerprint density at radius 2 is 2.11 bits per heavy atom. The van der Waals surface area contributed by atoms with Crippen LogP contribution in [0.4, 0.5) is 5.69 Å². The first-order chi connectivity index (χ1) is 13.5. The highest BCUT2D eigenvalue weighted by atomic mass is 79.9. The number of halogens is 2. The summed E-state index contributed by atoms with van der Waals surface area (Å²) in [5.74, 6) is -0.762. The highest BCUT2D eigenvalue weighted by molar-refractivity contribution is 9.10. The predicted molar refractivity (Wildman–Crippen MR) is 115 cm³/mol. The number of nitriles is 1. The topological polar surface area (TPSA) is 82.0 Å². The number of para-hydroxylation sites is 1. The first-order valence-corrected chi connectivity index (χ1v) is 10.5. The normalized spacial score (nSPS) is 16.3. The van der Waals surface area contributed by atoms with Gasteiger partial charge in [-0.3, -0.25) is 9.59 Å². The molecule has 0 aliphatic carbocycles. The van der Waals surface area contributed by atoms with Crippen LogP contribution >= 0.6 is 39.3 Å². The summed E-state index contributed by atoms with van der Waals surface area (Å²) in [6, 6.07) is 16.7. The Kier molecular flexibility index (Phi) is 6.79. The molecular weight excluding hydrogens is 462 g/mol. The maximum atomic E-state index is 12.3. The lowest BCUT2D eigenvalue weighted by Crippen LogP contribution is -2.31. The van der Waals surface area contributed by atoms with Gasteiger partial charge in [0.15, 0.2) is 0 Å². The van der Waals surface area contributed by atoms with E-state index in [4.69, 9.17) is 11.6 Å². The molecule has 2 aromatic rings. The van der Waals surface area contributed by atoms with E-state index in [2.05, 4.69) is 32.6 Å². The van der Waals surface area contributed by atoms with E-state index in [-0.39, 0.29) is 29.9 Å². The summed E-state index contributed by atoms with van der Waals surface area (Å²) in [7, 11) is 0. The number of hydrogen-bond donors (Lipinski definition) is 2. The summed E-state index contributed by atoms with van der Waals surface area (Å²) < 4.78 is 0.876. The maximum Gasteiger partial charge on any atom is 0.234 e. The van der Waals surface area contributed by atoms with Crippen molar-refractivity contribution in [3.63, 3.8) is 0 Å². The number of carbonyl (C=O) groups excluding carboxylic acids is 2. The largest absolute Gasteiger partial charge is 0.324 e. The molecule has 1 aliphatic heterocycles. The summed E-state index contributed by atoms with van der Waals surface area (Å²) in [5, 5.41) is 16.0. The van der Waals surface area contributed by atoms with Gasteiger partial charge < -0.3 is 10.6 Å². The Balaban J connectivity index is 1.77. The van der Waals surface area contributed by atoms with E-state index >= 15 is 0 Å². The summed E-state index contributed by atoms with van der Waals surface area (Å²) in [5.41, 5.74) is 1.84. The zero-order valence-corrected chi connectivity index (χ0v) is 17.7. The first kappa shape index (κ1) is 20.5. The van der Waals surface area contributed by atoms with Crippen LogP contribution in [0, 0.1) is 11.3 Å². The van der Waals surface area contributed by atoms with Gasteiger partial charge in [-0.05, 0) is 29.8 Å². The number of amides is 2. The van der Waals surface area contributed by atoms with E-state index in [0.717, 1.165) is 21.8 Å². The van der Waals surface area contributed by atoms with Gasteiger partial charge in [-0.2, -0.15) is 5.26 Å². The van der Waals surface area contributed by atoms with E-state index in [1.807, 2.05) is 24.3 Å². The van der Waals surface area contributed by atoms with Crippen molar-refractivity contribution in [2.75, 3.05) is 11.1 Å². The van der Waals surface area contributed by atoms with Crippen LogP contribution in [-0.4, -0.2) is 17.6 Å². The van der Waals surface area contributed by atoms with Crippen LogP contribution in [0.2, 0.25) is 5.02 Å². The Hall–Kier alpha value is -2.27. The molecule has 142 valence electrons. The number of carbonyl (C=O) groups is 2. The van der Waals surface area contributed by atoms with Gasteiger partial charge >= 0.3 is 0 Å². The van der Waals surface area contributed by atoms with Gasteiger partial charge in [-0.15, -0.1) is 0 Å². The molecule has 0 unspecified atom stereocenters. The molecule has 1 heterocycles. The van der Waals surface area contributed by atoms with E-state index in [0.29, 0.717) is 21.3 Å². The van der Waals surface area contributed by atoms with Crippen molar-refractivity contribution in [1.82, 2.24) is 5.32 Å². The van der Waals surface area contributed by atoms with E-state index in [1.54, 1.807) is 24.3 Å². The molecule has 1 aliphatic rings. The molecule has 2 aromatic carbocycles. The minimum Gasteiger partial charge on any atom is -0.324 e. The summed E-state index contributed by atoms with van der Waals surface area (Å²) in [6.07, 6.45) is 0.190. The van der Waals surface area contributed by atoms with Crippen molar-refractivity contribution in [1.29, 1.82) is 5.26 Å². The fraction of sp³-hybridized carbons (Fsp3) is 0.150. The van der Waals surface area contributed by atoms with Crippen LogP contribution in [-0.2, 0) is 9.59 Å². The van der Waals surface area contributed by atoms with Crippen molar-refractivity contribution < 1.29 is 9.59 Å². The van der Waals surface area contributed by atoms with Crippen LogP contribution in [0.1, 0.15) is 17.9 Å². The molecule has 0 bridgehead atoms. The third-order valence-corrected chi connectivity index (χ3v) is 5.94. The van der Waals surface area contributed by atoms with E-state index in [1.165, 1.54) is 0 Å². The Bertz CT molecular complexity index is 1000. The molecule has 0 saturated heterocycles. The van der Waals surface area contributed by atoms with Crippen molar-refractivity contribution in [3.8, 4) is 6.07 Å². The van der Waals surface area contributed by atoms with Crippen molar-refractivity contribution in [3.05, 3.63) is 74.2 Å². The van der Waals surface area contributed by atoms with Gasteiger partial charge in [0.05, 0.1) is 33.1 Å². The van der Waals surface area contributed by atoms with Gasteiger partial charge in [0, 0.05) is 16.8 Å². The van der Waals surface area contributed by atoms with Crippen LogP contribution in [0.15, 0.2) is 63.6 Å². The van der Waals surface area contributed by atoms with Crippen LogP contribution < -0.4 is 10.6 Å². The minimum atomic E-state index is -0.342. The molecule has 0 spiro atoms. The zero-order chi connectivity index (χ0) is 20.1. The van der Waals surface area contributed by atoms with Crippen LogP contribution in [0.3, 0.4) is 0 Å². The quantitative estimate of drug-likeness (QED) is 0.648. The standard InChI is InChI=1S/C20H15BrClN3O2S/c21-13-5-3-4-12(8-13)14-9-18(26)25-20(15(14)10-23)28-11-19(27)24-17-7-2-1-6-16(17)22/h1-8,14H,9,11H2,(H,24,27)(H,25,26)/t14-/m0/s1. The molecule has 1 atom stereocenters. The number of thioether (sulfide) groups is 1. The lowest BCUT2D eigenvalue weighted by molar-refractivity contribution is -0.121. The molecule has 2 amide bonds. The van der Waals surface area contributed by atoms with Crippen molar-refractivity contribution in [2.24, 2.45) is 0 Å². The molecule has 0 aromatic heterocycles. The average Bonchev–Trinajstić information content (AvgIpc) is 2.67. The van der Waals surface area contributed by atoms with Crippen molar-refractivity contribution in [2.45, 2.75) is 12.3 Å². The second-order valence-corrected chi connectivity index (χ2v) is 8.34. The number of rotatable bonds is 5. The average molecular weight is 477 g/mol. The maximum absolute atomic E-state index is 12.3. The van der Waals surface area contributed by atoms with Crippen molar-refractivity contribution >= 4 is 56.8 Å². The van der Waals surface area contributed by atoms with E-state index in [9.17, 15) is 14.9 Å². The Labute approximate surface area is 180 Å². The van der Waals surface area contributed by atoms with E-state index < -0.39 is 0 Å². The van der Waals surface area contributed by atoms with Gasteiger partial charge in [-0.25, -0.2) is 0 Å². The number of nitrogens with one attached hydrogen (secondary N) is 2.